The smallest absolute Gasteiger partial charge is 0.306 e. The molecule has 0 radical (unpaired) electrons. The molecule has 1 aliphatic rings. The number of aliphatic hydroxyl groups excluding tert-OH is 2. The summed E-state index contributed by atoms with van der Waals surface area (Å²) in [6.07, 6.45) is 10.8. The van der Waals surface area contributed by atoms with Gasteiger partial charge in [0.1, 0.15) is 0 Å². The fraction of sp³-hybridized carbons (Fsp3) is 0.667. The largest absolute Gasteiger partial charge is 0.463 e. The molecular weight excluding hydrogens is 424 g/mol. The topological polar surface area (TPSA) is 66.8 Å². The Balaban J connectivity index is 1.89. The number of carbonyl (C=O) groups excluding carboxylic acids is 1. The van der Waals surface area contributed by atoms with Crippen LogP contribution in [0.3, 0.4) is 0 Å². The zero-order valence-corrected chi connectivity index (χ0v) is 20.6. The first-order valence-corrected chi connectivity index (χ1v) is 12.7. The molecule has 1 saturated carbocycles. The molecule has 1 aromatic rings. The van der Waals surface area contributed by atoms with Crippen LogP contribution in [-0.4, -0.2) is 33.8 Å². The van der Waals surface area contributed by atoms with Crippen LogP contribution in [0.1, 0.15) is 102 Å². The molecule has 0 heterocycles. The third-order valence-electron chi connectivity index (χ3n) is 6.29. The van der Waals surface area contributed by atoms with Gasteiger partial charge in [-0.05, 0) is 63.0 Å². The van der Waals surface area contributed by atoms with E-state index in [-0.39, 0.29) is 29.3 Å². The van der Waals surface area contributed by atoms with Crippen molar-refractivity contribution in [2.24, 2.45) is 5.92 Å². The van der Waals surface area contributed by atoms with Crippen molar-refractivity contribution in [1.29, 1.82) is 0 Å². The van der Waals surface area contributed by atoms with Crippen LogP contribution in [0.25, 0.3) is 0 Å². The van der Waals surface area contributed by atoms with Gasteiger partial charge < -0.3 is 14.9 Å². The molecule has 0 bridgehead atoms. The Labute approximate surface area is 199 Å². The summed E-state index contributed by atoms with van der Waals surface area (Å²) in [5, 5.41) is 21.0. The van der Waals surface area contributed by atoms with Crippen LogP contribution in [0.4, 0.5) is 0 Å². The number of carbonyl (C=O) groups is 1. The number of allylic oxidation sites excluding steroid dienone is 2. The van der Waals surface area contributed by atoms with Gasteiger partial charge in [0.2, 0.25) is 0 Å². The first-order chi connectivity index (χ1) is 15.3. The third kappa shape index (κ3) is 8.53. The molecule has 180 valence electrons. The highest BCUT2D eigenvalue weighted by Crippen LogP contribution is 2.45. The lowest BCUT2D eigenvalue weighted by Gasteiger charge is -2.23. The monoisotopic (exact) mass is 464 g/mol. The van der Waals surface area contributed by atoms with Crippen molar-refractivity contribution in [2.45, 2.75) is 108 Å². The first-order valence-electron chi connectivity index (χ1n) is 12.3. The number of halogens is 1. The highest BCUT2D eigenvalue weighted by atomic mass is 35.5. The SMILES string of the molecule is CCCCC[C@@H](O)c1ccc([C@@H]2[C@@H](CC=CCCCC(=O)OC(C)C)[C@@H](Cl)C[C@H]2O)cc1. The fourth-order valence-corrected chi connectivity index (χ4v) is 5.02. The second-order valence-corrected chi connectivity index (χ2v) is 9.89. The van der Waals surface area contributed by atoms with Gasteiger partial charge in [-0.2, -0.15) is 0 Å². The zero-order chi connectivity index (χ0) is 23.5. The molecule has 1 aromatic carbocycles. The minimum Gasteiger partial charge on any atom is -0.463 e. The van der Waals surface area contributed by atoms with Crippen molar-refractivity contribution in [1.82, 2.24) is 0 Å². The molecule has 1 aliphatic carbocycles. The quantitative estimate of drug-likeness (QED) is 0.152. The van der Waals surface area contributed by atoms with E-state index in [1.807, 2.05) is 38.1 Å². The summed E-state index contributed by atoms with van der Waals surface area (Å²) in [6.45, 7) is 5.87. The van der Waals surface area contributed by atoms with Gasteiger partial charge in [0, 0.05) is 17.7 Å². The maximum Gasteiger partial charge on any atom is 0.306 e. The number of benzene rings is 1. The van der Waals surface area contributed by atoms with Crippen LogP contribution in [0.5, 0.6) is 0 Å². The lowest BCUT2D eigenvalue weighted by molar-refractivity contribution is -0.147. The summed E-state index contributed by atoms with van der Waals surface area (Å²) in [7, 11) is 0. The Morgan fingerprint density at radius 2 is 1.91 bits per heavy atom. The lowest BCUT2D eigenvalue weighted by atomic mass is 9.84. The normalized spacial score (nSPS) is 24.3. The second-order valence-electron chi connectivity index (χ2n) is 9.32. The average molecular weight is 465 g/mol. The molecule has 0 amide bonds. The number of alkyl halides is 1. The van der Waals surface area contributed by atoms with Gasteiger partial charge in [0.15, 0.2) is 0 Å². The standard InChI is InChI=1S/C27H41ClO4/c1-4-5-8-12-24(29)20-14-16-21(17-15-20)27-22(23(28)18-25(27)30)11-9-6-7-10-13-26(31)32-19(2)3/h6,9,14-17,19,22-25,27,29-30H,4-5,7-8,10-13,18H2,1-3H3/t22-,23-,24+,25+,27+/m0/s1. The maximum absolute atomic E-state index is 11.6. The number of esters is 1. The van der Waals surface area contributed by atoms with Gasteiger partial charge in [-0.15, -0.1) is 11.6 Å². The number of aliphatic hydroxyl groups is 2. The van der Waals surface area contributed by atoms with Gasteiger partial charge in [-0.25, -0.2) is 0 Å². The van der Waals surface area contributed by atoms with Crippen LogP contribution in [0, 0.1) is 5.92 Å². The zero-order valence-electron chi connectivity index (χ0n) is 19.9. The molecule has 2 N–H and O–H groups in total. The Morgan fingerprint density at radius 1 is 1.19 bits per heavy atom. The van der Waals surface area contributed by atoms with Crippen molar-refractivity contribution >= 4 is 17.6 Å². The average Bonchev–Trinajstić information content (AvgIpc) is 3.03. The van der Waals surface area contributed by atoms with Gasteiger partial charge in [-0.3, -0.25) is 4.79 Å². The van der Waals surface area contributed by atoms with Crippen LogP contribution in [0.2, 0.25) is 0 Å². The highest BCUT2D eigenvalue weighted by Gasteiger charge is 2.41. The molecule has 32 heavy (non-hydrogen) atoms. The van der Waals surface area contributed by atoms with Crippen molar-refractivity contribution < 1.29 is 19.7 Å². The fourth-order valence-electron chi connectivity index (χ4n) is 4.58. The molecule has 1 fully saturated rings. The van der Waals surface area contributed by atoms with Crippen molar-refractivity contribution in [3.63, 3.8) is 0 Å². The van der Waals surface area contributed by atoms with Crippen LogP contribution in [-0.2, 0) is 9.53 Å². The van der Waals surface area contributed by atoms with Crippen LogP contribution in [0.15, 0.2) is 36.4 Å². The molecule has 0 spiro atoms. The molecule has 0 aromatic heterocycles. The van der Waals surface area contributed by atoms with Gasteiger partial charge in [-0.1, -0.05) is 62.6 Å². The van der Waals surface area contributed by atoms with E-state index in [9.17, 15) is 15.0 Å². The van der Waals surface area contributed by atoms with Crippen molar-refractivity contribution in [3.05, 3.63) is 47.5 Å². The van der Waals surface area contributed by atoms with E-state index in [0.29, 0.717) is 12.8 Å². The molecular formula is C27H41ClO4. The summed E-state index contributed by atoms with van der Waals surface area (Å²) >= 11 is 6.61. The molecule has 0 saturated heterocycles. The summed E-state index contributed by atoms with van der Waals surface area (Å²) < 4.78 is 5.15. The van der Waals surface area contributed by atoms with Gasteiger partial charge >= 0.3 is 5.97 Å². The molecule has 0 aliphatic heterocycles. The van der Waals surface area contributed by atoms with E-state index < -0.39 is 12.2 Å². The van der Waals surface area contributed by atoms with E-state index in [2.05, 4.69) is 19.1 Å². The molecule has 5 atom stereocenters. The van der Waals surface area contributed by atoms with E-state index in [4.69, 9.17) is 16.3 Å². The Hall–Kier alpha value is -1.36. The van der Waals surface area contributed by atoms with Crippen LogP contribution < -0.4 is 0 Å². The minimum atomic E-state index is -0.456. The van der Waals surface area contributed by atoms with Crippen LogP contribution >= 0.6 is 11.6 Å². The van der Waals surface area contributed by atoms with Gasteiger partial charge in [0.05, 0.1) is 18.3 Å². The number of rotatable bonds is 13. The predicted octanol–water partition coefficient (Wildman–Crippen LogP) is 6.44. The number of hydrogen-bond acceptors (Lipinski definition) is 4. The van der Waals surface area contributed by atoms with E-state index in [0.717, 1.165) is 56.1 Å². The van der Waals surface area contributed by atoms with E-state index in [1.165, 1.54) is 0 Å². The lowest BCUT2D eigenvalue weighted by Crippen LogP contribution is -2.18. The summed E-state index contributed by atoms with van der Waals surface area (Å²) in [4.78, 5) is 11.6. The summed E-state index contributed by atoms with van der Waals surface area (Å²) in [5.74, 6) is 0.00994. The van der Waals surface area contributed by atoms with Gasteiger partial charge in [0.25, 0.3) is 0 Å². The van der Waals surface area contributed by atoms with E-state index in [1.54, 1.807) is 0 Å². The third-order valence-corrected chi connectivity index (χ3v) is 6.79. The summed E-state index contributed by atoms with van der Waals surface area (Å²) in [6, 6.07) is 8.06. The number of unbranched alkanes of at least 4 members (excludes halogenated alkanes) is 3. The first kappa shape index (κ1) is 26.9. The van der Waals surface area contributed by atoms with Crippen molar-refractivity contribution in [3.8, 4) is 0 Å². The second kappa shape index (κ2) is 14.0. The summed E-state index contributed by atoms with van der Waals surface area (Å²) in [5.41, 5.74) is 2.02. The Kier molecular flexibility index (Phi) is 11.8. The Bertz CT molecular complexity index is 700. The predicted molar refractivity (Wildman–Crippen MR) is 131 cm³/mol. The molecule has 4 nitrogen and oxygen atoms in total. The minimum absolute atomic E-state index is 0.00514. The Morgan fingerprint density at radius 3 is 2.56 bits per heavy atom. The number of ether oxygens (including phenoxy) is 1. The molecule has 5 heteroatoms. The number of hydrogen-bond donors (Lipinski definition) is 2. The van der Waals surface area contributed by atoms with E-state index >= 15 is 0 Å². The maximum atomic E-state index is 11.6. The molecule has 0 unspecified atom stereocenters. The highest BCUT2D eigenvalue weighted by molar-refractivity contribution is 6.21. The molecule has 2 rings (SSSR count). The van der Waals surface area contributed by atoms with Crippen molar-refractivity contribution in [2.75, 3.05) is 0 Å².